The molecule has 110 valence electrons. The second-order valence-electron chi connectivity index (χ2n) is 4.56. The standard InChI is InChI=1S/C15H10BrN3O3/c16-9-3-6-11-12(7-9)17-14(20)13(11)19-18-10-4-1-8(2-5-10)15(21)22/h1-7,17,20H,(H,21,22). The number of hydrogen-bond acceptors (Lipinski definition) is 4. The molecule has 0 saturated heterocycles. The van der Waals surface area contributed by atoms with E-state index in [9.17, 15) is 9.90 Å². The Balaban J connectivity index is 1.95. The number of carboxylic acids is 1. The maximum Gasteiger partial charge on any atom is 0.335 e. The van der Waals surface area contributed by atoms with Crippen LogP contribution in [-0.4, -0.2) is 21.2 Å². The molecule has 0 unspecified atom stereocenters. The lowest BCUT2D eigenvalue weighted by Crippen LogP contribution is -1.93. The largest absolute Gasteiger partial charge is 0.493 e. The van der Waals surface area contributed by atoms with Crippen LogP contribution >= 0.6 is 15.9 Å². The Kier molecular flexibility index (Phi) is 3.64. The molecule has 3 aromatic rings. The summed E-state index contributed by atoms with van der Waals surface area (Å²) < 4.78 is 0.883. The van der Waals surface area contributed by atoms with Crippen LogP contribution in [0, 0.1) is 0 Å². The van der Waals surface area contributed by atoms with Crippen molar-refractivity contribution >= 4 is 44.2 Å². The lowest BCUT2D eigenvalue weighted by molar-refractivity contribution is 0.0697. The second kappa shape index (κ2) is 5.61. The Morgan fingerprint density at radius 1 is 1.09 bits per heavy atom. The normalized spacial score (nSPS) is 11.3. The molecule has 0 aliphatic carbocycles. The van der Waals surface area contributed by atoms with Crippen LogP contribution in [0.4, 0.5) is 11.4 Å². The average Bonchev–Trinajstić information content (AvgIpc) is 2.80. The zero-order valence-corrected chi connectivity index (χ0v) is 12.7. The van der Waals surface area contributed by atoms with Gasteiger partial charge in [-0.3, -0.25) is 0 Å². The molecular weight excluding hydrogens is 350 g/mol. The Hall–Kier alpha value is -2.67. The molecule has 0 aliphatic rings. The van der Waals surface area contributed by atoms with Crippen LogP contribution < -0.4 is 0 Å². The molecule has 3 rings (SSSR count). The summed E-state index contributed by atoms with van der Waals surface area (Å²) >= 11 is 3.36. The number of carbonyl (C=O) groups is 1. The van der Waals surface area contributed by atoms with Gasteiger partial charge in [-0.25, -0.2) is 4.79 Å². The molecule has 0 aliphatic heterocycles. The number of nitrogens with zero attached hydrogens (tertiary/aromatic N) is 2. The highest BCUT2D eigenvalue weighted by atomic mass is 79.9. The Bertz CT molecular complexity index is 885. The van der Waals surface area contributed by atoms with Crippen molar-refractivity contribution in [3.05, 3.63) is 52.5 Å². The van der Waals surface area contributed by atoms with Crippen molar-refractivity contribution in [3.63, 3.8) is 0 Å². The van der Waals surface area contributed by atoms with Gasteiger partial charge in [-0.05, 0) is 42.5 Å². The van der Waals surface area contributed by atoms with Gasteiger partial charge < -0.3 is 15.2 Å². The van der Waals surface area contributed by atoms with E-state index in [2.05, 4.69) is 31.1 Å². The van der Waals surface area contributed by atoms with E-state index in [4.69, 9.17) is 5.11 Å². The minimum Gasteiger partial charge on any atom is -0.493 e. The molecule has 3 N–H and O–H groups in total. The fourth-order valence-electron chi connectivity index (χ4n) is 2.02. The third kappa shape index (κ3) is 2.71. The van der Waals surface area contributed by atoms with Gasteiger partial charge in [0.1, 0.15) is 0 Å². The summed E-state index contributed by atoms with van der Waals surface area (Å²) in [6.07, 6.45) is 0. The van der Waals surface area contributed by atoms with Gasteiger partial charge in [0, 0.05) is 9.86 Å². The van der Waals surface area contributed by atoms with E-state index in [1.807, 2.05) is 18.2 Å². The van der Waals surface area contributed by atoms with E-state index < -0.39 is 5.97 Å². The highest BCUT2D eigenvalue weighted by Crippen LogP contribution is 2.37. The molecule has 0 fully saturated rings. The zero-order chi connectivity index (χ0) is 15.7. The summed E-state index contributed by atoms with van der Waals surface area (Å²) in [5.74, 6) is -1.07. The number of benzene rings is 2. The maximum atomic E-state index is 10.8. The molecule has 1 heterocycles. The van der Waals surface area contributed by atoms with Gasteiger partial charge in [0.25, 0.3) is 0 Å². The fraction of sp³-hybridized carbons (Fsp3) is 0. The van der Waals surface area contributed by atoms with Gasteiger partial charge in [0.15, 0.2) is 5.69 Å². The number of rotatable bonds is 3. The number of H-pyrrole nitrogens is 1. The highest BCUT2D eigenvalue weighted by Gasteiger charge is 2.10. The third-order valence-electron chi connectivity index (χ3n) is 3.09. The molecule has 0 amide bonds. The lowest BCUT2D eigenvalue weighted by Gasteiger charge is -1.95. The van der Waals surface area contributed by atoms with Crippen molar-refractivity contribution in [2.45, 2.75) is 0 Å². The van der Waals surface area contributed by atoms with Gasteiger partial charge in [0.2, 0.25) is 5.88 Å². The summed E-state index contributed by atoms with van der Waals surface area (Å²) in [7, 11) is 0. The van der Waals surface area contributed by atoms with Crippen molar-refractivity contribution in [3.8, 4) is 5.88 Å². The molecule has 6 nitrogen and oxygen atoms in total. The zero-order valence-electron chi connectivity index (χ0n) is 11.1. The predicted octanol–water partition coefficient (Wildman–Crippen LogP) is 4.75. The predicted molar refractivity (Wildman–Crippen MR) is 85.2 cm³/mol. The maximum absolute atomic E-state index is 10.8. The van der Waals surface area contributed by atoms with Crippen LogP contribution in [0.1, 0.15) is 10.4 Å². The summed E-state index contributed by atoms with van der Waals surface area (Å²) in [6.45, 7) is 0. The van der Waals surface area contributed by atoms with Crippen LogP contribution in [0.3, 0.4) is 0 Å². The summed E-state index contributed by atoms with van der Waals surface area (Å²) in [5.41, 5.74) is 1.75. The topological polar surface area (TPSA) is 98.0 Å². The number of fused-ring (bicyclic) bond motifs is 1. The lowest BCUT2D eigenvalue weighted by atomic mass is 10.2. The van der Waals surface area contributed by atoms with Crippen LogP contribution in [0.15, 0.2) is 57.2 Å². The molecule has 1 aromatic heterocycles. The number of aromatic nitrogens is 1. The van der Waals surface area contributed by atoms with Crippen LogP contribution in [0.2, 0.25) is 0 Å². The smallest absolute Gasteiger partial charge is 0.335 e. The Morgan fingerprint density at radius 2 is 1.82 bits per heavy atom. The van der Waals surface area contributed by atoms with E-state index in [0.29, 0.717) is 11.4 Å². The van der Waals surface area contributed by atoms with E-state index in [1.54, 1.807) is 12.1 Å². The second-order valence-corrected chi connectivity index (χ2v) is 5.48. The monoisotopic (exact) mass is 359 g/mol. The molecule has 0 radical (unpaired) electrons. The van der Waals surface area contributed by atoms with Crippen molar-refractivity contribution in [1.29, 1.82) is 0 Å². The van der Waals surface area contributed by atoms with Crippen LogP contribution in [0.25, 0.3) is 10.9 Å². The molecule has 0 spiro atoms. The Morgan fingerprint density at radius 3 is 2.50 bits per heavy atom. The van der Waals surface area contributed by atoms with Gasteiger partial charge in [-0.15, -0.1) is 5.11 Å². The van der Waals surface area contributed by atoms with Gasteiger partial charge in [0.05, 0.1) is 16.8 Å². The molecular formula is C15H10BrN3O3. The summed E-state index contributed by atoms with van der Waals surface area (Å²) in [4.78, 5) is 13.6. The number of aromatic amines is 1. The molecule has 22 heavy (non-hydrogen) atoms. The first-order chi connectivity index (χ1) is 10.5. The van der Waals surface area contributed by atoms with Crippen LogP contribution in [0.5, 0.6) is 5.88 Å². The number of nitrogens with one attached hydrogen (secondary N) is 1. The van der Waals surface area contributed by atoms with Crippen molar-refractivity contribution in [1.82, 2.24) is 4.98 Å². The number of hydrogen-bond donors (Lipinski definition) is 3. The van der Waals surface area contributed by atoms with Gasteiger partial charge in [-0.1, -0.05) is 15.9 Å². The van der Waals surface area contributed by atoms with Crippen LogP contribution in [-0.2, 0) is 0 Å². The first-order valence-corrected chi connectivity index (χ1v) is 7.09. The third-order valence-corrected chi connectivity index (χ3v) is 3.59. The molecule has 0 atom stereocenters. The van der Waals surface area contributed by atoms with Crippen molar-refractivity contribution < 1.29 is 15.0 Å². The number of halogens is 1. The average molecular weight is 360 g/mol. The van der Waals surface area contributed by atoms with E-state index >= 15 is 0 Å². The first-order valence-electron chi connectivity index (χ1n) is 6.30. The SMILES string of the molecule is O=C(O)c1ccc(N=Nc2c(O)[nH]c3cc(Br)ccc23)cc1. The number of carboxylic acid groups (broad SMARTS) is 1. The summed E-state index contributed by atoms with van der Waals surface area (Å²) in [5, 5.41) is 27.6. The molecule has 0 saturated carbocycles. The molecule has 0 bridgehead atoms. The van der Waals surface area contributed by atoms with E-state index in [0.717, 1.165) is 15.4 Å². The fourth-order valence-corrected chi connectivity index (χ4v) is 2.38. The van der Waals surface area contributed by atoms with Crippen molar-refractivity contribution in [2.75, 3.05) is 0 Å². The summed E-state index contributed by atoms with van der Waals surface area (Å²) in [6, 6.07) is 11.5. The first kappa shape index (κ1) is 14.3. The van der Waals surface area contributed by atoms with Crippen molar-refractivity contribution in [2.24, 2.45) is 10.2 Å². The number of aromatic hydroxyl groups is 1. The number of azo groups is 1. The van der Waals surface area contributed by atoms with Gasteiger partial charge in [-0.2, -0.15) is 5.11 Å². The molecule has 7 heteroatoms. The number of aromatic carboxylic acids is 1. The highest BCUT2D eigenvalue weighted by molar-refractivity contribution is 9.10. The van der Waals surface area contributed by atoms with Gasteiger partial charge >= 0.3 is 5.97 Å². The quantitative estimate of drug-likeness (QED) is 0.588. The Labute approximate surface area is 133 Å². The van der Waals surface area contributed by atoms with E-state index in [-0.39, 0.29) is 11.4 Å². The minimum atomic E-state index is -0.997. The minimum absolute atomic E-state index is 0.0704. The molecule has 2 aromatic carbocycles. The van der Waals surface area contributed by atoms with E-state index in [1.165, 1.54) is 12.1 Å².